The standard InChI is InChI=1S/C24H32N4O2/c29-23(12-6-9-19-7-2-1-3-8-19)26-22-13-16-25-28(22)21-14-17-27(18-15-21)24(30)20-10-4-5-11-20/h1-3,7-8,13,16,20-21H,4-6,9-12,14-15,17-18H2,(H,26,29). The summed E-state index contributed by atoms with van der Waals surface area (Å²) in [5.74, 6) is 1.39. The van der Waals surface area contributed by atoms with E-state index in [4.69, 9.17) is 0 Å². The zero-order valence-corrected chi connectivity index (χ0v) is 17.6. The fourth-order valence-electron chi connectivity index (χ4n) is 4.77. The molecule has 2 aliphatic rings. The number of carbonyl (C=O) groups excluding carboxylic acids is 2. The molecule has 2 aromatic rings. The molecule has 6 nitrogen and oxygen atoms in total. The predicted octanol–water partition coefficient (Wildman–Crippen LogP) is 4.20. The molecule has 4 rings (SSSR count). The summed E-state index contributed by atoms with van der Waals surface area (Å²) in [7, 11) is 0. The van der Waals surface area contributed by atoms with Crippen molar-refractivity contribution in [1.82, 2.24) is 14.7 Å². The van der Waals surface area contributed by atoms with Gasteiger partial charge in [-0.2, -0.15) is 5.10 Å². The number of hydrogen-bond donors (Lipinski definition) is 1. The van der Waals surface area contributed by atoms with Gasteiger partial charge in [0.15, 0.2) is 0 Å². The third kappa shape index (κ3) is 5.10. The molecule has 0 radical (unpaired) electrons. The fourth-order valence-corrected chi connectivity index (χ4v) is 4.77. The Morgan fingerprint density at radius 2 is 1.73 bits per heavy atom. The van der Waals surface area contributed by atoms with E-state index in [1.807, 2.05) is 33.8 Å². The second-order valence-corrected chi connectivity index (χ2v) is 8.59. The number of hydrogen-bond acceptors (Lipinski definition) is 3. The van der Waals surface area contributed by atoms with Gasteiger partial charge in [0.25, 0.3) is 0 Å². The van der Waals surface area contributed by atoms with Crippen LogP contribution in [0.2, 0.25) is 0 Å². The Kier molecular flexibility index (Phi) is 6.82. The number of nitrogens with zero attached hydrogens (tertiary/aromatic N) is 3. The monoisotopic (exact) mass is 408 g/mol. The molecule has 0 unspecified atom stereocenters. The van der Waals surface area contributed by atoms with Gasteiger partial charge in [0.05, 0.1) is 12.2 Å². The SMILES string of the molecule is O=C(CCCc1ccccc1)Nc1ccnn1C1CCN(C(=O)C2CCCC2)CC1. The number of nitrogens with one attached hydrogen (secondary N) is 1. The Morgan fingerprint density at radius 3 is 2.47 bits per heavy atom. The third-order valence-corrected chi connectivity index (χ3v) is 6.48. The first-order valence-electron chi connectivity index (χ1n) is 11.4. The van der Waals surface area contributed by atoms with Gasteiger partial charge in [-0.25, -0.2) is 4.68 Å². The molecular weight excluding hydrogens is 376 g/mol. The molecule has 2 fully saturated rings. The largest absolute Gasteiger partial charge is 0.342 e. The van der Waals surface area contributed by atoms with Gasteiger partial charge in [0.1, 0.15) is 5.82 Å². The number of anilines is 1. The lowest BCUT2D eigenvalue weighted by molar-refractivity contribution is -0.136. The number of aromatic nitrogens is 2. The Morgan fingerprint density at radius 1 is 1.00 bits per heavy atom. The van der Waals surface area contributed by atoms with Crippen molar-refractivity contribution in [3.05, 3.63) is 48.2 Å². The van der Waals surface area contributed by atoms with Crippen LogP contribution in [0.4, 0.5) is 5.82 Å². The van der Waals surface area contributed by atoms with E-state index in [9.17, 15) is 9.59 Å². The molecule has 6 heteroatoms. The van der Waals surface area contributed by atoms with E-state index in [-0.39, 0.29) is 17.9 Å². The molecule has 1 aliphatic carbocycles. The number of rotatable bonds is 7. The number of piperidine rings is 1. The summed E-state index contributed by atoms with van der Waals surface area (Å²) in [6, 6.07) is 12.3. The molecule has 1 saturated carbocycles. The van der Waals surface area contributed by atoms with Crippen molar-refractivity contribution in [3.63, 3.8) is 0 Å². The highest BCUT2D eigenvalue weighted by Gasteiger charge is 2.31. The van der Waals surface area contributed by atoms with Crippen molar-refractivity contribution in [2.45, 2.75) is 63.8 Å². The minimum absolute atomic E-state index is 0.0292. The quantitative estimate of drug-likeness (QED) is 0.747. The minimum atomic E-state index is 0.0292. The number of likely N-dealkylation sites (tertiary alicyclic amines) is 1. The van der Waals surface area contributed by atoms with Crippen LogP contribution in [0.1, 0.15) is 63.0 Å². The van der Waals surface area contributed by atoms with Crippen molar-refractivity contribution < 1.29 is 9.59 Å². The molecule has 1 aromatic carbocycles. The lowest BCUT2D eigenvalue weighted by atomic mass is 10.0. The van der Waals surface area contributed by atoms with Gasteiger partial charge in [-0.05, 0) is 44.1 Å². The first-order chi connectivity index (χ1) is 14.7. The van der Waals surface area contributed by atoms with Crippen molar-refractivity contribution in [3.8, 4) is 0 Å². The maximum atomic E-state index is 12.7. The maximum absolute atomic E-state index is 12.7. The fraction of sp³-hybridized carbons (Fsp3) is 0.542. The highest BCUT2D eigenvalue weighted by molar-refractivity contribution is 5.89. The highest BCUT2D eigenvalue weighted by Crippen LogP contribution is 2.30. The van der Waals surface area contributed by atoms with Gasteiger partial charge in [0.2, 0.25) is 11.8 Å². The van der Waals surface area contributed by atoms with Crippen LogP contribution in [0.25, 0.3) is 0 Å². The molecule has 0 spiro atoms. The summed E-state index contributed by atoms with van der Waals surface area (Å²) in [5.41, 5.74) is 1.26. The molecule has 0 atom stereocenters. The number of amides is 2. The first kappa shape index (κ1) is 20.6. The smallest absolute Gasteiger partial charge is 0.225 e. The average Bonchev–Trinajstić information content (AvgIpc) is 3.47. The number of benzene rings is 1. The molecule has 1 N–H and O–H groups in total. The predicted molar refractivity (Wildman–Crippen MR) is 117 cm³/mol. The summed E-state index contributed by atoms with van der Waals surface area (Å²) in [6.45, 7) is 1.56. The van der Waals surface area contributed by atoms with Crippen molar-refractivity contribution in [1.29, 1.82) is 0 Å². The second kappa shape index (κ2) is 9.92. The van der Waals surface area contributed by atoms with E-state index in [2.05, 4.69) is 22.5 Å². The highest BCUT2D eigenvalue weighted by atomic mass is 16.2. The molecule has 2 heterocycles. The Labute approximate surface area is 178 Å². The van der Waals surface area contributed by atoms with Gasteiger partial charge >= 0.3 is 0 Å². The van der Waals surface area contributed by atoms with E-state index in [0.29, 0.717) is 12.3 Å². The Hall–Kier alpha value is -2.63. The third-order valence-electron chi connectivity index (χ3n) is 6.48. The molecule has 1 aliphatic heterocycles. The van der Waals surface area contributed by atoms with Gasteiger partial charge < -0.3 is 10.2 Å². The number of aryl methyl sites for hydroxylation is 1. The van der Waals surface area contributed by atoms with Crippen LogP contribution < -0.4 is 5.32 Å². The van der Waals surface area contributed by atoms with Crippen molar-refractivity contribution in [2.24, 2.45) is 5.92 Å². The van der Waals surface area contributed by atoms with Crippen LogP contribution in [0.15, 0.2) is 42.6 Å². The van der Waals surface area contributed by atoms with E-state index < -0.39 is 0 Å². The number of carbonyl (C=O) groups is 2. The van der Waals surface area contributed by atoms with E-state index in [1.165, 1.54) is 18.4 Å². The maximum Gasteiger partial charge on any atom is 0.225 e. The molecule has 160 valence electrons. The zero-order valence-electron chi connectivity index (χ0n) is 17.6. The Bertz CT molecular complexity index is 834. The molecule has 2 amide bonds. The molecule has 1 aromatic heterocycles. The van der Waals surface area contributed by atoms with Gasteiger partial charge in [-0.15, -0.1) is 0 Å². The van der Waals surface area contributed by atoms with Crippen LogP contribution in [-0.2, 0) is 16.0 Å². The molecule has 1 saturated heterocycles. The van der Waals surface area contributed by atoms with E-state index in [1.54, 1.807) is 6.20 Å². The first-order valence-corrected chi connectivity index (χ1v) is 11.4. The topological polar surface area (TPSA) is 67.2 Å². The van der Waals surface area contributed by atoms with E-state index in [0.717, 1.165) is 57.4 Å². The molecule has 0 bridgehead atoms. The normalized spacial score (nSPS) is 17.9. The van der Waals surface area contributed by atoms with Crippen LogP contribution >= 0.6 is 0 Å². The minimum Gasteiger partial charge on any atom is -0.342 e. The zero-order chi connectivity index (χ0) is 20.8. The van der Waals surface area contributed by atoms with E-state index >= 15 is 0 Å². The van der Waals surface area contributed by atoms with Gasteiger partial charge in [-0.3, -0.25) is 9.59 Å². The van der Waals surface area contributed by atoms with Crippen LogP contribution in [0, 0.1) is 5.92 Å². The Balaban J connectivity index is 1.25. The van der Waals surface area contributed by atoms with Crippen LogP contribution in [0.5, 0.6) is 0 Å². The lowest BCUT2D eigenvalue weighted by Gasteiger charge is -2.34. The summed E-state index contributed by atoms with van der Waals surface area (Å²) in [4.78, 5) is 27.1. The molecule has 30 heavy (non-hydrogen) atoms. The summed E-state index contributed by atoms with van der Waals surface area (Å²) < 4.78 is 1.94. The summed E-state index contributed by atoms with van der Waals surface area (Å²) in [6.07, 6.45) is 10.2. The summed E-state index contributed by atoms with van der Waals surface area (Å²) >= 11 is 0. The second-order valence-electron chi connectivity index (χ2n) is 8.59. The van der Waals surface area contributed by atoms with Crippen molar-refractivity contribution >= 4 is 17.6 Å². The summed E-state index contributed by atoms with van der Waals surface area (Å²) in [5, 5.41) is 7.50. The van der Waals surface area contributed by atoms with Gasteiger partial charge in [0, 0.05) is 31.5 Å². The molecular formula is C24H32N4O2. The average molecular weight is 409 g/mol. The van der Waals surface area contributed by atoms with Gasteiger partial charge in [-0.1, -0.05) is 43.2 Å². The van der Waals surface area contributed by atoms with Crippen LogP contribution in [-0.4, -0.2) is 39.6 Å². The lowest BCUT2D eigenvalue weighted by Crippen LogP contribution is -2.42. The van der Waals surface area contributed by atoms with Crippen LogP contribution in [0.3, 0.4) is 0 Å². The van der Waals surface area contributed by atoms with Crippen molar-refractivity contribution in [2.75, 3.05) is 18.4 Å².